The van der Waals surface area contributed by atoms with Crippen LogP contribution in [0.3, 0.4) is 0 Å². The van der Waals surface area contributed by atoms with E-state index in [1.165, 1.54) is 19.4 Å². The maximum Gasteiger partial charge on any atom is 0.331 e. The molecular formula is C12H7Cl3N2O3. The summed E-state index contributed by atoms with van der Waals surface area (Å²) in [5.74, 6) is -0.0649. The molecule has 8 heteroatoms. The SMILES string of the molecule is COc1ncc(-c2cc(Cl)c(Cl)c(Cl)c2)cc1[N+](=O)[O-]. The van der Waals surface area contributed by atoms with Crippen molar-refractivity contribution < 1.29 is 9.66 Å². The molecule has 0 saturated heterocycles. The Morgan fingerprint density at radius 1 is 1.15 bits per heavy atom. The number of aromatic nitrogens is 1. The van der Waals surface area contributed by atoms with Crippen LogP contribution in [0, 0.1) is 10.1 Å². The summed E-state index contributed by atoms with van der Waals surface area (Å²) in [6.45, 7) is 0. The molecule has 1 heterocycles. The Morgan fingerprint density at radius 2 is 1.75 bits per heavy atom. The van der Waals surface area contributed by atoms with Crippen LogP contribution in [0.5, 0.6) is 5.88 Å². The smallest absolute Gasteiger partial charge is 0.331 e. The van der Waals surface area contributed by atoms with E-state index in [0.29, 0.717) is 11.1 Å². The average Bonchev–Trinajstić information content (AvgIpc) is 2.43. The summed E-state index contributed by atoms with van der Waals surface area (Å²) >= 11 is 17.7. The molecule has 20 heavy (non-hydrogen) atoms. The van der Waals surface area contributed by atoms with Crippen LogP contribution in [0.25, 0.3) is 11.1 Å². The average molecular weight is 334 g/mol. The topological polar surface area (TPSA) is 65.3 Å². The molecule has 2 rings (SSSR count). The number of hydrogen-bond donors (Lipinski definition) is 0. The van der Waals surface area contributed by atoms with Gasteiger partial charge in [0.1, 0.15) is 0 Å². The fourth-order valence-corrected chi connectivity index (χ4v) is 2.20. The Hall–Kier alpha value is -1.56. The molecule has 1 aromatic heterocycles. The fraction of sp³-hybridized carbons (Fsp3) is 0.0833. The maximum absolute atomic E-state index is 11.0. The lowest BCUT2D eigenvalue weighted by molar-refractivity contribution is -0.386. The zero-order valence-corrected chi connectivity index (χ0v) is 12.3. The summed E-state index contributed by atoms with van der Waals surface area (Å²) in [6.07, 6.45) is 1.43. The quantitative estimate of drug-likeness (QED) is 0.467. The molecule has 0 N–H and O–H groups in total. The van der Waals surface area contributed by atoms with E-state index in [1.807, 2.05) is 0 Å². The van der Waals surface area contributed by atoms with E-state index < -0.39 is 4.92 Å². The van der Waals surface area contributed by atoms with Gasteiger partial charge in [0.05, 0.1) is 27.1 Å². The predicted octanol–water partition coefficient (Wildman–Crippen LogP) is 4.63. The van der Waals surface area contributed by atoms with E-state index in [2.05, 4.69) is 4.98 Å². The molecule has 2 aromatic rings. The number of methoxy groups -OCH3 is 1. The minimum atomic E-state index is -0.575. The van der Waals surface area contributed by atoms with Crippen molar-refractivity contribution in [3.8, 4) is 17.0 Å². The number of rotatable bonds is 3. The molecule has 0 atom stereocenters. The first kappa shape index (κ1) is 14.8. The van der Waals surface area contributed by atoms with Crippen molar-refractivity contribution in [1.29, 1.82) is 0 Å². The Bertz CT molecular complexity index is 669. The van der Waals surface area contributed by atoms with Crippen LogP contribution >= 0.6 is 34.8 Å². The van der Waals surface area contributed by atoms with Crippen molar-refractivity contribution in [2.24, 2.45) is 0 Å². The molecule has 0 aliphatic carbocycles. The Balaban J connectivity index is 2.59. The molecule has 0 saturated carbocycles. The van der Waals surface area contributed by atoms with Gasteiger partial charge in [0.25, 0.3) is 5.88 Å². The monoisotopic (exact) mass is 332 g/mol. The van der Waals surface area contributed by atoms with Gasteiger partial charge in [-0.2, -0.15) is 0 Å². The summed E-state index contributed by atoms with van der Waals surface area (Å²) in [5, 5.41) is 11.7. The van der Waals surface area contributed by atoms with E-state index in [4.69, 9.17) is 39.5 Å². The van der Waals surface area contributed by atoms with Crippen molar-refractivity contribution in [1.82, 2.24) is 4.98 Å². The summed E-state index contributed by atoms with van der Waals surface area (Å²) in [4.78, 5) is 14.3. The normalized spacial score (nSPS) is 10.4. The minimum Gasteiger partial charge on any atom is -0.476 e. The number of nitrogens with zero attached hydrogens (tertiary/aromatic N) is 2. The van der Waals surface area contributed by atoms with Crippen molar-refractivity contribution in [2.75, 3.05) is 7.11 Å². The number of hydrogen-bond acceptors (Lipinski definition) is 4. The highest BCUT2D eigenvalue weighted by molar-refractivity contribution is 6.48. The number of ether oxygens (including phenoxy) is 1. The lowest BCUT2D eigenvalue weighted by Crippen LogP contribution is -1.96. The van der Waals surface area contributed by atoms with Crippen LogP contribution in [0.15, 0.2) is 24.4 Å². The van der Waals surface area contributed by atoms with Gasteiger partial charge in [-0.3, -0.25) is 10.1 Å². The van der Waals surface area contributed by atoms with E-state index >= 15 is 0 Å². The third kappa shape index (κ3) is 2.80. The van der Waals surface area contributed by atoms with Crippen molar-refractivity contribution in [2.45, 2.75) is 0 Å². The second-order valence-electron chi connectivity index (χ2n) is 3.76. The first-order valence-electron chi connectivity index (χ1n) is 5.27. The summed E-state index contributed by atoms with van der Waals surface area (Å²) in [6, 6.07) is 4.45. The summed E-state index contributed by atoms with van der Waals surface area (Å²) in [5.41, 5.74) is 0.813. The lowest BCUT2D eigenvalue weighted by Gasteiger charge is -2.07. The van der Waals surface area contributed by atoms with Gasteiger partial charge in [-0.1, -0.05) is 34.8 Å². The van der Waals surface area contributed by atoms with Crippen molar-refractivity contribution in [3.05, 3.63) is 49.6 Å². The van der Waals surface area contributed by atoms with Crippen LogP contribution in [-0.4, -0.2) is 17.0 Å². The molecule has 1 aromatic carbocycles. The molecule has 0 bridgehead atoms. The van der Waals surface area contributed by atoms with Gasteiger partial charge in [0, 0.05) is 17.8 Å². The van der Waals surface area contributed by atoms with Gasteiger partial charge in [-0.15, -0.1) is 0 Å². The van der Waals surface area contributed by atoms with Gasteiger partial charge >= 0.3 is 5.69 Å². The Morgan fingerprint density at radius 3 is 2.25 bits per heavy atom. The van der Waals surface area contributed by atoms with E-state index in [-0.39, 0.29) is 26.6 Å². The van der Waals surface area contributed by atoms with Gasteiger partial charge in [0.2, 0.25) is 0 Å². The highest BCUT2D eigenvalue weighted by Gasteiger charge is 2.18. The van der Waals surface area contributed by atoms with Gasteiger partial charge in [-0.25, -0.2) is 4.98 Å². The maximum atomic E-state index is 11.0. The molecule has 0 spiro atoms. The summed E-state index contributed by atoms with van der Waals surface area (Å²) in [7, 11) is 1.31. The van der Waals surface area contributed by atoms with Crippen LogP contribution in [0.4, 0.5) is 5.69 Å². The molecule has 0 amide bonds. The van der Waals surface area contributed by atoms with Crippen molar-refractivity contribution >= 4 is 40.5 Å². The molecule has 0 radical (unpaired) electrons. The molecule has 104 valence electrons. The fourth-order valence-electron chi connectivity index (χ4n) is 1.61. The Labute approximate surface area is 129 Å². The predicted molar refractivity (Wildman–Crippen MR) is 77.9 cm³/mol. The number of halogens is 3. The first-order chi connectivity index (χ1) is 9.43. The molecule has 0 unspecified atom stereocenters. The highest BCUT2D eigenvalue weighted by Crippen LogP contribution is 2.36. The number of nitro groups is 1. The van der Waals surface area contributed by atoms with E-state index in [1.54, 1.807) is 12.1 Å². The lowest BCUT2D eigenvalue weighted by atomic mass is 10.1. The minimum absolute atomic E-state index is 0.0649. The Kier molecular flexibility index (Phi) is 4.32. The molecule has 0 fully saturated rings. The molecule has 0 aliphatic heterocycles. The zero-order valence-electron chi connectivity index (χ0n) is 10.1. The zero-order chi connectivity index (χ0) is 14.9. The molecular weight excluding hydrogens is 327 g/mol. The van der Waals surface area contributed by atoms with Gasteiger partial charge < -0.3 is 4.74 Å². The standard InChI is InChI=1S/C12H7Cl3N2O3/c1-20-12-10(17(18)19)4-7(5-16-12)6-2-8(13)11(15)9(14)3-6/h2-5H,1H3. The van der Waals surface area contributed by atoms with Crippen LogP contribution in [0.2, 0.25) is 15.1 Å². The van der Waals surface area contributed by atoms with Crippen LogP contribution < -0.4 is 4.74 Å². The highest BCUT2D eigenvalue weighted by atomic mass is 35.5. The number of pyridine rings is 1. The van der Waals surface area contributed by atoms with Gasteiger partial charge in [0.15, 0.2) is 0 Å². The second-order valence-corrected chi connectivity index (χ2v) is 4.96. The third-order valence-electron chi connectivity index (χ3n) is 2.54. The summed E-state index contributed by atoms with van der Waals surface area (Å²) < 4.78 is 4.84. The molecule has 0 aliphatic rings. The largest absolute Gasteiger partial charge is 0.476 e. The molecule has 5 nitrogen and oxygen atoms in total. The van der Waals surface area contributed by atoms with Crippen LogP contribution in [0.1, 0.15) is 0 Å². The van der Waals surface area contributed by atoms with E-state index in [0.717, 1.165) is 0 Å². The van der Waals surface area contributed by atoms with Crippen molar-refractivity contribution in [3.63, 3.8) is 0 Å². The van der Waals surface area contributed by atoms with E-state index in [9.17, 15) is 10.1 Å². The van der Waals surface area contributed by atoms with Gasteiger partial charge in [-0.05, 0) is 17.7 Å². The van der Waals surface area contributed by atoms with Crippen LogP contribution in [-0.2, 0) is 0 Å². The second kappa shape index (κ2) is 5.83. The number of benzene rings is 1. The third-order valence-corrected chi connectivity index (χ3v) is 3.74. The first-order valence-corrected chi connectivity index (χ1v) is 6.40.